The van der Waals surface area contributed by atoms with Crippen molar-refractivity contribution in [2.45, 2.75) is 59.9 Å². The van der Waals surface area contributed by atoms with Crippen LogP contribution >= 0.6 is 0 Å². The molecule has 0 radical (unpaired) electrons. The number of pyridine rings is 1. The molecule has 3 rings (SSSR count). The molecule has 0 amide bonds. The average Bonchev–Trinajstić information content (AvgIpc) is 3.52. The van der Waals surface area contributed by atoms with E-state index >= 15 is 4.39 Å². The lowest BCUT2D eigenvalue weighted by molar-refractivity contribution is -0.137. The number of alkyl halides is 3. The molecular weight excluding hydrogens is 635 g/mol. The number of aldehydes is 1. The second-order valence-electron chi connectivity index (χ2n) is 10.2. The zero-order valence-corrected chi connectivity index (χ0v) is 27.9. The van der Waals surface area contributed by atoms with Crippen molar-refractivity contribution in [3.8, 4) is 17.1 Å². The first-order valence-electron chi connectivity index (χ1n) is 15.3. The highest BCUT2D eigenvalue weighted by atomic mass is 19.4. The standard InChI is InChI=1S/C31H37F5N8O2.C2H6/c1-6-8-24(40-7-2)44-14-10-20(43-44)16-41-28-22(17-45)30(46-18(3)9-11-39-13-12-38-5)42-29(27(28)33)21-15-23(37)26(32)19(4)25(21)31(34,35)36;1-2/h6-8,10,14-15,17-18,38-39H,2,9,11-13,16,37H2,1,3-5H3,(H,41,42);1-2H3/b8-6-,40-24?;. The van der Waals surface area contributed by atoms with Crippen LogP contribution < -0.4 is 26.4 Å². The highest BCUT2D eigenvalue weighted by molar-refractivity contribution is 5.94. The van der Waals surface area contributed by atoms with Crippen LogP contribution in [0.15, 0.2) is 48.3 Å². The summed E-state index contributed by atoms with van der Waals surface area (Å²) in [5.41, 5.74) is 0.655. The molecular formula is C33H43F5N8O2. The van der Waals surface area contributed by atoms with Gasteiger partial charge in [-0.2, -0.15) is 18.3 Å². The summed E-state index contributed by atoms with van der Waals surface area (Å²) in [6.07, 6.45) is 1.38. The molecule has 1 unspecified atom stereocenters. The molecule has 0 aliphatic carbocycles. The fraction of sp³-hybridized carbons (Fsp3) is 0.394. The quantitative estimate of drug-likeness (QED) is 0.0357. The van der Waals surface area contributed by atoms with Crippen LogP contribution in [0.1, 0.15) is 61.3 Å². The maximum absolute atomic E-state index is 16.3. The number of hydrogen-bond donors (Lipinski definition) is 4. The summed E-state index contributed by atoms with van der Waals surface area (Å²) in [5.74, 6) is -2.56. The lowest BCUT2D eigenvalue weighted by Gasteiger charge is -2.22. The molecule has 1 aromatic carbocycles. The summed E-state index contributed by atoms with van der Waals surface area (Å²) in [7, 11) is 1.81. The Morgan fingerprint density at radius 3 is 2.52 bits per heavy atom. The summed E-state index contributed by atoms with van der Waals surface area (Å²) in [6.45, 7) is 13.7. The van der Waals surface area contributed by atoms with Crippen molar-refractivity contribution < 1.29 is 31.5 Å². The number of aliphatic imine (C=N–C) groups is 1. The van der Waals surface area contributed by atoms with Gasteiger partial charge in [-0.25, -0.2) is 23.4 Å². The summed E-state index contributed by atoms with van der Waals surface area (Å²) in [4.78, 5) is 20.5. The molecule has 3 aromatic rings. The van der Waals surface area contributed by atoms with E-state index in [2.05, 4.69) is 37.6 Å². The third kappa shape index (κ3) is 9.94. The maximum atomic E-state index is 16.3. The number of aromatic nitrogens is 3. The van der Waals surface area contributed by atoms with E-state index in [1.807, 2.05) is 20.9 Å². The summed E-state index contributed by atoms with van der Waals surface area (Å²) in [6, 6.07) is 2.27. The van der Waals surface area contributed by atoms with Gasteiger partial charge in [0.2, 0.25) is 5.88 Å². The monoisotopic (exact) mass is 678 g/mol. The van der Waals surface area contributed by atoms with Crippen LogP contribution in [0.25, 0.3) is 11.3 Å². The van der Waals surface area contributed by atoms with Crippen molar-refractivity contribution in [2.24, 2.45) is 4.99 Å². The highest BCUT2D eigenvalue weighted by Crippen LogP contribution is 2.44. The molecule has 0 saturated carbocycles. The number of carbonyl (C=O) groups is 1. The second kappa shape index (κ2) is 18.6. The number of allylic oxidation sites excluding steroid dienone is 2. The first kappa shape index (κ1) is 39.5. The first-order chi connectivity index (χ1) is 22.9. The molecule has 2 heterocycles. The number of carbonyl (C=O) groups excluding carboxylic acids is 1. The normalized spacial score (nSPS) is 12.4. The van der Waals surface area contributed by atoms with Gasteiger partial charge in [-0.1, -0.05) is 26.5 Å². The fourth-order valence-corrected chi connectivity index (χ4v) is 4.55. The van der Waals surface area contributed by atoms with Gasteiger partial charge in [0, 0.05) is 31.0 Å². The van der Waals surface area contributed by atoms with Crippen LogP contribution in [0.5, 0.6) is 5.88 Å². The van der Waals surface area contributed by atoms with E-state index in [9.17, 15) is 22.4 Å². The lowest BCUT2D eigenvalue weighted by Crippen LogP contribution is -2.28. The maximum Gasteiger partial charge on any atom is 0.417 e. The zero-order valence-electron chi connectivity index (χ0n) is 27.9. The number of benzene rings is 1. The van der Waals surface area contributed by atoms with E-state index in [0.29, 0.717) is 43.4 Å². The fourth-order valence-electron chi connectivity index (χ4n) is 4.55. The molecule has 0 fully saturated rings. The molecule has 5 N–H and O–H groups in total. The number of likely N-dealkylation sites (N-methyl/N-ethyl adjacent to an activating group) is 1. The smallest absolute Gasteiger partial charge is 0.417 e. The van der Waals surface area contributed by atoms with Crippen molar-refractivity contribution in [1.82, 2.24) is 25.4 Å². The Bertz CT molecular complexity index is 1600. The first-order valence-corrected chi connectivity index (χ1v) is 15.3. The van der Waals surface area contributed by atoms with E-state index in [0.717, 1.165) is 13.5 Å². The Hall–Kier alpha value is -4.63. The van der Waals surface area contributed by atoms with Crippen LogP contribution in [0.3, 0.4) is 0 Å². The topological polar surface area (TPSA) is 131 Å². The third-order valence-electron chi connectivity index (χ3n) is 6.78. The highest BCUT2D eigenvalue weighted by Gasteiger charge is 2.39. The molecule has 2 aromatic heterocycles. The number of nitrogens with two attached hydrogens (primary N) is 1. The molecule has 0 aliphatic rings. The number of nitrogens with zero attached hydrogens (tertiary/aromatic N) is 4. The van der Waals surface area contributed by atoms with Gasteiger partial charge in [0.05, 0.1) is 35.3 Å². The van der Waals surface area contributed by atoms with Crippen LogP contribution in [0, 0.1) is 18.6 Å². The second-order valence-corrected chi connectivity index (χ2v) is 10.2. The van der Waals surface area contributed by atoms with Crippen LogP contribution in [-0.4, -0.2) is 59.7 Å². The molecule has 1 atom stereocenters. The molecule has 262 valence electrons. The minimum atomic E-state index is -5.10. The summed E-state index contributed by atoms with van der Waals surface area (Å²) in [5, 5.41) is 13.3. The average molecular weight is 679 g/mol. The minimum Gasteiger partial charge on any atom is -0.474 e. The Balaban J connectivity index is 0.00000392. The van der Waals surface area contributed by atoms with Gasteiger partial charge in [-0.3, -0.25) is 4.79 Å². The molecule has 0 aliphatic heterocycles. The van der Waals surface area contributed by atoms with Crippen molar-refractivity contribution in [2.75, 3.05) is 37.7 Å². The molecule has 10 nitrogen and oxygen atoms in total. The van der Waals surface area contributed by atoms with E-state index in [4.69, 9.17) is 10.5 Å². The third-order valence-corrected chi connectivity index (χ3v) is 6.78. The van der Waals surface area contributed by atoms with Gasteiger partial charge < -0.3 is 26.4 Å². The summed E-state index contributed by atoms with van der Waals surface area (Å²) >= 11 is 0. The molecule has 0 saturated heterocycles. The van der Waals surface area contributed by atoms with Gasteiger partial charge in [0.1, 0.15) is 17.1 Å². The predicted molar refractivity (Wildman–Crippen MR) is 179 cm³/mol. The molecule has 0 spiro atoms. The largest absolute Gasteiger partial charge is 0.474 e. The molecule has 15 heteroatoms. The van der Waals surface area contributed by atoms with Crippen molar-refractivity contribution in [1.29, 1.82) is 0 Å². The number of anilines is 2. The number of nitrogen functional groups attached to an aromatic ring is 1. The SMILES string of the molecule is C=CN=C(/C=C\C)n1ccc(CNc2c(F)c(-c3cc(N)c(F)c(C)c3C(F)(F)F)nc(OC(C)CCNCCNC)c2C=O)n1.CC. The number of halogens is 5. The van der Waals surface area contributed by atoms with Gasteiger partial charge in [0.25, 0.3) is 0 Å². The van der Waals surface area contributed by atoms with Crippen molar-refractivity contribution in [3.05, 3.63) is 77.3 Å². The number of hydrogen-bond acceptors (Lipinski definition) is 9. The van der Waals surface area contributed by atoms with E-state index in [-0.39, 0.29) is 12.1 Å². The van der Waals surface area contributed by atoms with Crippen LogP contribution in [0.2, 0.25) is 0 Å². The lowest BCUT2D eigenvalue weighted by atomic mass is 9.95. The van der Waals surface area contributed by atoms with Crippen molar-refractivity contribution in [3.63, 3.8) is 0 Å². The van der Waals surface area contributed by atoms with Crippen molar-refractivity contribution >= 4 is 23.5 Å². The predicted octanol–water partition coefficient (Wildman–Crippen LogP) is 6.52. The zero-order chi connectivity index (χ0) is 36.0. The van der Waals surface area contributed by atoms with Crippen LogP contribution in [-0.2, 0) is 12.7 Å². The van der Waals surface area contributed by atoms with Crippen LogP contribution in [0.4, 0.5) is 33.3 Å². The van der Waals surface area contributed by atoms with E-state index in [1.165, 1.54) is 10.9 Å². The van der Waals surface area contributed by atoms with Gasteiger partial charge in [0.15, 0.2) is 17.9 Å². The number of rotatable bonds is 15. The Kier molecular flexibility index (Phi) is 15.4. The number of nitrogens with one attached hydrogen (secondary N) is 3. The van der Waals surface area contributed by atoms with E-state index in [1.54, 1.807) is 38.3 Å². The Morgan fingerprint density at radius 2 is 1.92 bits per heavy atom. The van der Waals surface area contributed by atoms with Gasteiger partial charge >= 0.3 is 6.18 Å². The molecule has 48 heavy (non-hydrogen) atoms. The van der Waals surface area contributed by atoms with Gasteiger partial charge in [-0.15, -0.1) is 0 Å². The Morgan fingerprint density at radius 1 is 1.21 bits per heavy atom. The molecule has 0 bridgehead atoms. The Labute approximate surface area is 277 Å². The number of ether oxygens (including phenoxy) is 1. The minimum absolute atomic E-state index is 0.160. The van der Waals surface area contributed by atoms with E-state index < -0.39 is 63.6 Å². The van der Waals surface area contributed by atoms with Gasteiger partial charge in [-0.05, 0) is 64.6 Å². The summed E-state index contributed by atoms with van der Waals surface area (Å²) < 4.78 is 81.0.